The third-order valence-corrected chi connectivity index (χ3v) is 4.85. The van der Waals surface area contributed by atoms with Crippen molar-refractivity contribution in [1.82, 2.24) is 10.2 Å². The molecule has 2 amide bonds. The first-order chi connectivity index (χ1) is 8.69. The van der Waals surface area contributed by atoms with Crippen LogP contribution >= 0.6 is 0 Å². The zero-order valence-corrected chi connectivity index (χ0v) is 11.1. The van der Waals surface area contributed by atoms with Crippen molar-refractivity contribution in [1.29, 1.82) is 0 Å². The highest BCUT2D eigenvalue weighted by Gasteiger charge is 2.54. The molecule has 4 nitrogen and oxygen atoms in total. The minimum atomic E-state index is -0.518. The number of nitrogens with zero attached hydrogens (tertiary/aromatic N) is 1. The molecule has 100 valence electrons. The Morgan fingerprint density at radius 3 is 2.44 bits per heavy atom. The van der Waals surface area contributed by atoms with Gasteiger partial charge in [-0.15, -0.1) is 0 Å². The summed E-state index contributed by atoms with van der Waals surface area (Å²) in [4.78, 5) is 27.0. The second-order valence-corrected chi connectivity index (χ2v) is 5.96. The van der Waals surface area contributed by atoms with Crippen LogP contribution in [0, 0.1) is 5.92 Å². The molecule has 0 aromatic rings. The van der Waals surface area contributed by atoms with E-state index >= 15 is 0 Å². The van der Waals surface area contributed by atoms with Gasteiger partial charge in [0.25, 0.3) is 0 Å². The van der Waals surface area contributed by atoms with Gasteiger partial charge in [0.2, 0.25) is 11.8 Å². The first-order valence-electron chi connectivity index (χ1n) is 7.31. The molecule has 2 saturated carbocycles. The summed E-state index contributed by atoms with van der Waals surface area (Å²) in [6.07, 6.45) is 7.16. The Labute approximate surface area is 108 Å². The van der Waals surface area contributed by atoms with Gasteiger partial charge in [0, 0.05) is 6.54 Å². The smallest absolute Gasteiger partial charge is 0.246 e. The minimum Gasteiger partial charge on any atom is -0.342 e. The van der Waals surface area contributed by atoms with Crippen LogP contribution < -0.4 is 5.32 Å². The highest BCUT2D eigenvalue weighted by molar-refractivity contribution is 6.00. The number of rotatable bonds is 2. The fourth-order valence-corrected chi connectivity index (χ4v) is 3.68. The second kappa shape index (κ2) is 4.25. The van der Waals surface area contributed by atoms with Gasteiger partial charge in [-0.1, -0.05) is 19.3 Å². The summed E-state index contributed by atoms with van der Waals surface area (Å²) in [6, 6.07) is -0.231. The van der Waals surface area contributed by atoms with Crippen LogP contribution in [0.25, 0.3) is 0 Å². The van der Waals surface area contributed by atoms with E-state index in [4.69, 9.17) is 0 Å². The van der Waals surface area contributed by atoms with Gasteiger partial charge >= 0.3 is 0 Å². The molecule has 2 aliphatic carbocycles. The Morgan fingerprint density at radius 1 is 1.22 bits per heavy atom. The summed E-state index contributed by atoms with van der Waals surface area (Å²) in [5.74, 6) is 0.679. The fraction of sp³-hybridized carbons (Fsp3) is 0.857. The van der Waals surface area contributed by atoms with E-state index in [-0.39, 0.29) is 17.9 Å². The predicted octanol–water partition coefficient (Wildman–Crippen LogP) is 1.45. The maximum Gasteiger partial charge on any atom is 0.246 e. The maximum atomic E-state index is 12.6. The molecule has 3 fully saturated rings. The molecule has 4 heteroatoms. The summed E-state index contributed by atoms with van der Waals surface area (Å²) < 4.78 is 0. The second-order valence-electron chi connectivity index (χ2n) is 5.96. The van der Waals surface area contributed by atoms with E-state index in [1.807, 2.05) is 11.8 Å². The summed E-state index contributed by atoms with van der Waals surface area (Å²) in [6.45, 7) is 2.66. The molecule has 3 aliphatic rings. The molecular formula is C14H22N2O2. The van der Waals surface area contributed by atoms with Gasteiger partial charge in [-0.3, -0.25) is 9.59 Å². The molecule has 18 heavy (non-hydrogen) atoms. The molecule has 1 unspecified atom stereocenters. The molecule has 0 radical (unpaired) electrons. The van der Waals surface area contributed by atoms with E-state index in [9.17, 15) is 9.59 Å². The van der Waals surface area contributed by atoms with Crippen LogP contribution in [0.4, 0.5) is 0 Å². The van der Waals surface area contributed by atoms with E-state index in [2.05, 4.69) is 5.32 Å². The molecular weight excluding hydrogens is 228 g/mol. The largest absolute Gasteiger partial charge is 0.342 e. The van der Waals surface area contributed by atoms with Crippen molar-refractivity contribution in [2.45, 2.75) is 63.5 Å². The van der Waals surface area contributed by atoms with Crippen molar-refractivity contribution in [2.24, 2.45) is 5.92 Å². The van der Waals surface area contributed by atoms with E-state index in [0.29, 0.717) is 12.5 Å². The molecule has 1 spiro atoms. The average Bonchev–Trinajstić information content (AvgIpc) is 3.20. The Balaban J connectivity index is 1.89. The first-order valence-corrected chi connectivity index (χ1v) is 7.31. The zero-order valence-electron chi connectivity index (χ0n) is 11.1. The molecule has 3 rings (SSSR count). The van der Waals surface area contributed by atoms with Crippen LogP contribution in [0.2, 0.25) is 0 Å². The lowest BCUT2D eigenvalue weighted by Crippen LogP contribution is -2.71. The molecule has 1 aliphatic heterocycles. The molecule has 1 heterocycles. The molecule has 1 atom stereocenters. The summed E-state index contributed by atoms with van der Waals surface area (Å²) in [7, 11) is 0. The van der Waals surface area contributed by atoms with Crippen LogP contribution in [-0.4, -0.2) is 34.8 Å². The highest BCUT2D eigenvalue weighted by atomic mass is 16.2. The van der Waals surface area contributed by atoms with E-state index in [0.717, 1.165) is 38.5 Å². The molecule has 1 saturated heterocycles. The van der Waals surface area contributed by atoms with Gasteiger partial charge < -0.3 is 10.2 Å². The third-order valence-electron chi connectivity index (χ3n) is 4.85. The fourth-order valence-electron chi connectivity index (χ4n) is 3.68. The van der Waals surface area contributed by atoms with Crippen molar-refractivity contribution < 1.29 is 9.59 Å². The third kappa shape index (κ3) is 1.65. The van der Waals surface area contributed by atoms with Crippen molar-refractivity contribution >= 4 is 11.8 Å². The number of nitrogens with one attached hydrogen (secondary N) is 1. The van der Waals surface area contributed by atoms with Crippen LogP contribution in [-0.2, 0) is 9.59 Å². The van der Waals surface area contributed by atoms with Crippen LogP contribution in [0.5, 0.6) is 0 Å². The predicted molar refractivity (Wildman–Crippen MR) is 67.9 cm³/mol. The van der Waals surface area contributed by atoms with Gasteiger partial charge in [-0.25, -0.2) is 0 Å². The lowest BCUT2D eigenvalue weighted by molar-refractivity contribution is -0.160. The number of carbonyl (C=O) groups is 2. The monoisotopic (exact) mass is 250 g/mol. The summed E-state index contributed by atoms with van der Waals surface area (Å²) in [5, 5.41) is 3.02. The Morgan fingerprint density at radius 2 is 1.89 bits per heavy atom. The van der Waals surface area contributed by atoms with Crippen molar-refractivity contribution in [3.8, 4) is 0 Å². The van der Waals surface area contributed by atoms with E-state index in [1.54, 1.807) is 0 Å². The van der Waals surface area contributed by atoms with Gasteiger partial charge in [0.1, 0.15) is 11.6 Å². The average molecular weight is 250 g/mol. The standard InChI is InChI=1S/C14H22N2O2/c1-2-16-12(17)11(10-6-7-10)15-13(18)14(16)8-4-3-5-9-14/h10-11H,2-9H2,1H3,(H,15,18). The molecule has 0 aromatic heterocycles. The summed E-state index contributed by atoms with van der Waals surface area (Å²) in [5.41, 5.74) is -0.518. The van der Waals surface area contributed by atoms with Gasteiger partial charge in [0.15, 0.2) is 0 Å². The Hall–Kier alpha value is -1.06. The van der Waals surface area contributed by atoms with Gasteiger partial charge in [-0.2, -0.15) is 0 Å². The maximum absolute atomic E-state index is 12.6. The van der Waals surface area contributed by atoms with Crippen molar-refractivity contribution in [2.75, 3.05) is 6.54 Å². The Bertz CT molecular complexity index is 370. The molecule has 0 bridgehead atoms. The van der Waals surface area contributed by atoms with Crippen molar-refractivity contribution in [3.63, 3.8) is 0 Å². The van der Waals surface area contributed by atoms with Gasteiger partial charge in [-0.05, 0) is 38.5 Å². The number of amides is 2. The van der Waals surface area contributed by atoms with Crippen molar-refractivity contribution in [3.05, 3.63) is 0 Å². The SMILES string of the molecule is CCN1C(=O)C(C2CC2)NC(=O)C12CCCCC2. The zero-order chi connectivity index (χ0) is 12.8. The van der Waals surface area contributed by atoms with Gasteiger partial charge in [0.05, 0.1) is 0 Å². The topological polar surface area (TPSA) is 49.4 Å². The molecule has 0 aromatic carbocycles. The number of piperazine rings is 1. The summed E-state index contributed by atoms with van der Waals surface area (Å²) >= 11 is 0. The van der Waals surface area contributed by atoms with Crippen LogP contribution in [0.1, 0.15) is 51.9 Å². The highest BCUT2D eigenvalue weighted by Crippen LogP contribution is 2.41. The Kier molecular flexibility index (Phi) is 2.83. The normalized spacial score (nSPS) is 31.6. The quantitative estimate of drug-likeness (QED) is 0.806. The number of carbonyl (C=O) groups excluding carboxylic acids is 2. The lowest BCUT2D eigenvalue weighted by Gasteiger charge is -2.49. The van der Waals surface area contributed by atoms with Crippen LogP contribution in [0.15, 0.2) is 0 Å². The van der Waals surface area contributed by atoms with Crippen LogP contribution in [0.3, 0.4) is 0 Å². The lowest BCUT2D eigenvalue weighted by atomic mass is 9.77. The van der Waals surface area contributed by atoms with E-state index < -0.39 is 5.54 Å². The minimum absolute atomic E-state index is 0.112. The number of hydrogen-bond donors (Lipinski definition) is 1. The molecule has 1 N–H and O–H groups in total. The first kappa shape index (κ1) is 12.0. The number of hydrogen-bond acceptors (Lipinski definition) is 2. The number of likely N-dealkylation sites (N-methyl/N-ethyl adjacent to an activating group) is 1. The van der Waals surface area contributed by atoms with E-state index in [1.165, 1.54) is 6.42 Å².